The number of alkyl halides is 1. The summed E-state index contributed by atoms with van der Waals surface area (Å²) >= 11 is 0. The monoisotopic (exact) mass is 416 g/mol. The highest BCUT2D eigenvalue weighted by Crippen LogP contribution is 2.27. The topological polar surface area (TPSA) is 68.3 Å². The average molecular weight is 416 g/mol. The predicted molar refractivity (Wildman–Crippen MR) is 111 cm³/mol. The minimum absolute atomic E-state index is 0.0544. The zero-order valence-electron chi connectivity index (χ0n) is 17.4. The predicted octanol–water partition coefficient (Wildman–Crippen LogP) is 2.24. The summed E-state index contributed by atoms with van der Waals surface area (Å²) in [5.41, 5.74) is 6.41. The van der Waals surface area contributed by atoms with Gasteiger partial charge >= 0.3 is 0 Å². The first-order valence-corrected chi connectivity index (χ1v) is 10.2. The first-order valence-electron chi connectivity index (χ1n) is 10.2. The fourth-order valence-electron chi connectivity index (χ4n) is 3.76. The number of carbonyl (C=O) groups is 2. The molecule has 7 heteroatoms. The van der Waals surface area contributed by atoms with Crippen LogP contribution in [0.4, 0.5) is 8.78 Å². The van der Waals surface area contributed by atoms with E-state index in [0.29, 0.717) is 25.1 Å². The highest BCUT2D eigenvalue weighted by Gasteiger charge is 2.40. The zero-order chi connectivity index (χ0) is 21.8. The minimum atomic E-state index is -1.02. The van der Waals surface area contributed by atoms with E-state index < -0.39 is 18.1 Å². The molecule has 3 atom stereocenters. The van der Waals surface area contributed by atoms with Crippen LogP contribution in [-0.2, 0) is 9.59 Å². The smallest absolute Gasteiger partial charge is 0.282 e. The summed E-state index contributed by atoms with van der Waals surface area (Å²) in [5, 5.41) is 0. The number of amides is 2. The van der Waals surface area contributed by atoms with Crippen molar-refractivity contribution in [3.05, 3.63) is 59.9 Å². The van der Waals surface area contributed by atoms with Crippen LogP contribution >= 0.6 is 0 Å². The van der Waals surface area contributed by atoms with Crippen LogP contribution in [0.3, 0.4) is 0 Å². The van der Waals surface area contributed by atoms with Gasteiger partial charge in [-0.2, -0.15) is 0 Å². The van der Waals surface area contributed by atoms with Crippen LogP contribution in [0.15, 0.2) is 48.5 Å². The van der Waals surface area contributed by atoms with Gasteiger partial charge in [0.2, 0.25) is 5.91 Å². The second-order valence-electron chi connectivity index (χ2n) is 7.74. The van der Waals surface area contributed by atoms with Gasteiger partial charge in [-0.3, -0.25) is 9.59 Å². The van der Waals surface area contributed by atoms with E-state index in [4.69, 9.17) is 0 Å². The molecule has 0 saturated carbocycles. The molecule has 0 aliphatic carbocycles. The standard InChI is InChI=1S/C23H27F2N3O2/c1-3-27(2)22(29)20(21(26)23(30)28-13-12-19(25)14-28)17-6-4-15(5-7-17)16-8-10-18(24)11-9-16/h4-11,19-21H,3,12-14,26H2,1-2H3/p+1/t19-,20-,21-/m0/s1. The number of quaternary nitrogens is 1. The molecule has 3 N–H and O–H groups in total. The van der Waals surface area contributed by atoms with E-state index >= 15 is 0 Å². The third-order valence-electron chi connectivity index (χ3n) is 5.73. The first-order chi connectivity index (χ1) is 14.3. The Labute approximate surface area is 175 Å². The highest BCUT2D eigenvalue weighted by molar-refractivity contribution is 5.92. The highest BCUT2D eigenvalue weighted by atomic mass is 19.1. The van der Waals surface area contributed by atoms with Crippen LogP contribution in [0.25, 0.3) is 11.1 Å². The lowest BCUT2D eigenvalue weighted by molar-refractivity contribution is -0.409. The van der Waals surface area contributed by atoms with Crippen LogP contribution in [0.2, 0.25) is 0 Å². The van der Waals surface area contributed by atoms with Gasteiger partial charge in [-0.15, -0.1) is 0 Å². The van der Waals surface area contributed by atoms with E-state index in [9.17, 15) is 18.4 Å². The number of benzene rings is 2. The molecule has 0 bridgehead atoms. The van der Waals surface area contributed by atoms with Gasteiger partial charge in [0.05, 0.1) is 6.54 Å². The summed E-state index contributed by atoms with van der Waals surface area (Å²) in [7, 11) is 1.69. The van der Waals surface area contributed by atoms with Crippen molar-refractivity contribution < 1.29 is 24.1 Å². The third-order valence-corrected chi connectivity index (χ3v) is 5.73. The van der Waals surface area contributed by atoms with Crippen molar-refractivity contribution in [2.45, 2.75) is 31.5 Å². The molecule has 30 heavy (non-hydrogen) atoms. The van der Waals surface area contributed by atoms with Gasteiger partial charge in [-0.25, -0.2) is 8.78 Å². The third kappa shape index (κ3) is 4.67. The molecule has 1 aliphatic rings. The van der Waals surface area contributed by atoms with Gasteiger partial charge in [-0.05, 0) is 42.2 Å². The lowest BCUT2D eigenvalue weighted by Crippen LogP contribution is -2.71. The Hall–Kier alpha value is -2.80. The normalized spacial score (nSPS) is 18.2. The van der Waals surface area contributed by atoms with Gasteiger partial charge < -0.3 is 15.5 Å². The van der Waals surface area contributed by atoms with Crippen molar-refractivity contribution in [2.75, 3.05) is 26.7 Å². The molecule has 0 unspecified atom stereocenters. The fourth-order valence-corrected chi connectivity index (χ4v) is 3.76. The summed E-state index contributed by atoms with van der Waals surface area (Å²) in [5.74, 6) is -1.57. The quantitative estimate of drug-likeness (QED) is 0.785. The Morgan fingerprint density at radius 3 is 2.20 bits per heavy atom. The Bertz CT molecular complexity index is 886. The number of carbonyl (C=O) groups excluding carboxylic acids is 2. The molecule has 1 fully saturated rings. The summed E-state index contributed by atoms with van der Waals surface area (Å²) in [6.45, 7) is 2.76. The lowest BCUT2D eigenvalue weighted by Gasteiger charge is -2.27. The van der Waals surface area contributed by atoms with Crippen molar-refractivity contribution in [3.63, 3.8) is 0 Å². The van der Waals surface area contributed by atoms with E-state index in [2.05, 4.69) is 5.73 Å². The van der Waals surface area contributed by atoms with Crippen molar-refractivity contribution >= 4 is 11.8 Å². The maximum Gasteiger partial charge on any atom is 0.282 e. The molecule has 1 aliphatic heterocycles. The van der Waals surface area contributed by atoms with Crippen molar-refractivity contribution in [2.24, 2.45) is 0 Å². The molecule has 0 radical (unpaired) electrons. The molecule has 3 rings (SSSR count). The number of likely N-dealkylation sites (N-methyl/N-ethyl adjacent to an activating group) is 1. The second kappa shape index (κ2) is 9.34. The van der Waals surface area contributed by atoms with Crippen LogP contribution in [0.1, 0.15) is 24.8 Å². The first kappa shape index (κ1) is 21.9. The SMILES string of the molecule is CCN(C)C(=O)[C@@H](c1ccc(-c2ccc(F)cc2)cc1)[C@H]([NH3+])C(=O)N1CC[C@H](F)C1. The molecule has 1 saturated heterocycles. The molecular weight excluding hydrogens is 388 g/mol. The van der Waals surface area contributed by atoms with Crippen molar-refractivity contribution in [1.82, 2.24) is 9.80 Å². The zero-order valence-corrected chi connectivity index (χ0v) is 17.4. The van der Waals surface area contributed by atoms with Gasteiger partial charge in [-0.1, -0.05) is 36.4 Å². The molecule has 2 aromatic rings. The maximum atomic E-state index is 13.6. The van der Waals surface area contributed by atoms with Crippen LogP contribution < -0.4 is 5.73 Å². The summed E-state index contributed by atoms with van der Waals surface area (Å²) in [4.78, 5) is 29.0. The molecule has 2 amide bonds. The second-order valence-corrected chi connectivity index (χ2v) is 7.74. The Morgan fingerprint density at radius 2 is 1.70 bits per heavy atom. The molecule has 160 valence electrons. The van der Waals surface area contributed by atoms with Crippen molar-refractivity contribution in [3.8, 4) is 11.1 Å². The van der Waals surface area contributed by atoms with Gasteiger partial charge in [0.1, 0.15) is 17.9 Å². The number of hydrogen-bond donors (Lipinski definition) is 1. The van der Waals surface area contributed by atoms with Gasteiger partial charge in [0.25, 0.3) is 5.91 Å². The van der Waals surface area contributed by atoms with E-state index in [1.54, 1.807) is 36.2 Å². The molecule has 2 aromatic carbocycles. The summed E-state index contributed by atoms with van der Waals surface area (Å²) in [6.07, 6.45) is -0.707. The molecule has 1 heterocycles. The van der Waals surface area contributed by atoms with E-state index in [1.807, 2.05) is 19.1 Å². The van der Waals surface area contributed by atoms with E-state index in [0.717, 1.165) is 11.1 Å². The molecule has 0 spiro atoms. The molecule has 0 aromatic heterocycles. The molecular formula is C23H28F2N3O2+. The molecule has 5 nitrogen and oxygen atoms in total. The fraction of sp³-hybridized carbons (Fsp3) is 0.391. The largest absolute Gasteiger partial charge is 0.346 e. The average Bonchev–Trinajstić information content (AvgIpc) is 3.20. The van der Waals surface area contributed by atoms with Crippen LogP contribution in [0, 0.1) is 5.82 Å². The van der Waals surface area contributed by atoms with E-state index in [-0.39, 0.29) is 24.2 Å². The van der Waals surface area contributed by atoms with E-state index in [1.165, 1.54) is 17.0 Å². The minimum Gasteiger partial charge on any atom is -0.346 e. The Morgan fingerprint density at radius 1 is 1.13 bits per heavy atom. The number of hydrogen-bond acceptors (Lipinski definition) is 2. The van der Waals surface area contributed by atoms with Crippen molar-refractivity contribution in [1.29, 1.82) is 0 Å². The number of likely N-dealkylation sites (tertiary alicyclic amines) is 1. The Kier molecular flexibility index (Phi) is 6.82. The number of rotatable bonds is 6. The summed E-state index contributed by atoms with van der Waals surface area (Å²) < 4.78 is 26.8. The summed E-state index contributed by atoms with van der Waals surface area (Å²) in [6, 6.07) is 12.6. The lowest BCUT2D eigenvalue weighted by atomic mass is 9.88. The van der Waals surface area contributed by atoms with Crippen LogP contribution in [-0.4, -0.2) is 60.5 Å². The van der Waals surface area contributed by atoms with Gasteiger partial charge in [0, 0.05) is 20.1 Å². The number of nitrogens with zero attached hydrogens (tertiary/aromatic N) is 2. The van der Waals surface area contributed by atoms with Gasteiger partial charge in [0.15, 0.2) is 6.04 Å². The van der Waals surface area contributed by atoms with Crippen LogP contribution in [0.5, 0.6) is 0 Å². The number of halogens is 2. The maximum absolute atomic E-state index is 13.6. The Balaban J connectivity index is 1.89.